The molecule has 2 fully saturated rings. The van der Waals surface area contributed by atoms with Gasteiger partial charge >= 0.3 is 0 Å². The number of para-hydroxylation sites is 1. The monoisotopic (exact) mass is 481 g/mol. The van der Waals surface area contributed by atoms with Gasteiger partial charge in [-0.15, -0.1) is 10.2 Å². The van der Waals surface area contributed by atoms with E-state index in [1.165, 1.54) is 24.9 Å². The first kappa shape index (κ1) is 22.9. The molecule has 1 aliphatic carbocycles. The van der Waals surface area contributed by atoms with Crippen molar-refractivity contribution in [1.29, 1.82) is 0 Å². The van der Waals surface area contributed by atoms with Gasteiger partial charge in [-0.05, 0) is 42.7 Å². The van der Waals surface area contributed by atoms with Gasteiger partial charge < -0.3 is 9.64 Å². The molecular formula is C25H28FN5O2S. The van der Waals surface area contributed by atoms with Gasteiger partial charge in [0, 0.05) is 44.3 Å². The van der Waals surface area contributed by atoms with E-state index in [1.54, 1.807) is 6.07 Å². The lowest BCUT2D eigenvalue weighted by atomic mass is 10.2. The first-order valence-electron chi connectivity index (χ1n) is 11.6. The van der Waals surface area contributed by atoms with Crippen molar-refractivity contribution < 1.29 is 13.9 Å². The molecule has 0 bridgehead atoms. The second-order valence-corrected chi connectivity index (χ2v) is 9.64. The first-order chi connectivity index (χ1) is 16.6. The molecule has 9 heteroatoms. The second kappa shape index (κ2) is 10.1. The molecule has 7 nitrogen and oxygen atoms in total. The standard InChI is InChI=1S/C25H28FN5O2S/c1-33-22-10-7-18(15-21(22)26)16-29-11-13-30(14-12-29)23(32)17-34-25-28-27-24(19-8-9-19)31(25)20-5-3-2-4-6-20/h2-7,10,15,19H,8-9,11-14,16-17H2,1H3. The Balaban J connectivity index is 1.16. The summed E-state index contributed by atoms with van der Waals surface area (Å²) in [6.45, 7) is 3.50. The highest BCUT2D eigenvalue weighted by Gasteiger charge is 2.31. The van der Waals surface area contributed by atoms with Crippen LogP contribution in [0.5, 0.6) is 5.75 Å². The minimum absolute atomic E-state index is 0.107. The van der Waals surface area contributed by atoms with Crippen LogP contribution >= 0.6 is 11.8 Å². The summed E-state index contributed by atoms with van der Waals surface area (Å²) >= 11 is 1.45. The predicted molar refractivity (Wildman–Crippen MR) is 129 cm³/mol. The summed E-state index contributed by atoms with van der Waals surface area (Å²) in [6.07, 6.45) is 2.28. The van der Waals surface area contributed by atoms with Gasteiger partial charge in [0.2, 0.25) is 5.91 Å². The maximum atomic E-state index is 14.0. The molecule has 1 saturated heterocycles. The molecule has 0 spiro atoms. The van der Waals surface area contributed by atoms with Crippen molar-refractivity contribution in [3.05, 3.63) is 65.7 Å². The van der Waals surface area contributed by atoms with E-state index in [2.05, 4.69) is 31.8 Å². The molecule has 2 aromatic carbocycles. The van der Waals surface area contributed by atoms with Gasteiger partial charge in [-0.3, -0.25) is 14.3 Å². The lowest BCUT2D eigenvalue weighted by Gasteiger charge is -2.34. The second-order valence-electron chi connectivity index (χ2n) is 8.70. The molecule has 2 aliphatic rings. The minimum Gasteiger partial charge on any atom is -0.494 e. The molecule has 1 amide bonds. The van der Waals surface area contributed by atoms with Crippen LogP contribution in [-0.2, 0) is 11.3 Å². The zero-order valence-electron chi connectivity index (χ0n) is 19.2. The maximum Gasteiger partial charge on any atom is 0.233 e. The minimum atomic E-state index is -0.348. The van der Waals surface area contributed by atoms with E-state index < -0.39 is 0 Å². The Morgan fingerprint density at radius 2 is 1.85 bits per heavy atom. The first-order valence-corrected chi connectivity index (χ1v) is 12.6. The SMILES string of the molecule is COc1ccc(CN2CCN(C(=O)CSc3nnc(C4CC4)n3-c3ccccc3)CC2)cc1F. The molecule has 1 aliphatic heterocycles. The Labute approximate surface area is 202 Å². The molecule has 34 heavy (non-hydrogen) atoms. The smallest absolute Gasteiger partial charge is 0.233 e. The van der Waals surface area contributed by atoms with Crippen LogP contribution in [0.2, 0.25) is 0 Å². The van der Waals surface area contributed by atoms with Gasteiger partial charge in [0.1, 0.15) is 5.82 Å². The lowest BCUT2D eigenvalue weighted by Crippen LogP contribution is -2.48. The van der Waals surface area contributed by atoms with E-state index in [1.807, 2.05) is 29.2 Å². The average Bonchev–Trinajstić information content (AvgIpc) is 3.62. The van der Waals surface area contributed by atoms with Gasteiger partial charge in [0.15, 0.2) is 16.7 Å². The largest absolute Gasteiger partial charge is 0.494 e. The van der Waals surface area contributed by atoms with Crippen LogP contribution in [0.25, 0.3) is 5.69 Å². The van der Waals surface area contributed by atoms with E-state index in [0.29, 0.717) is 31.3 Å². The molecule has 1 aromatic heterocycles. The number of halogens is 1. The predicted octanol–water partition coefficient (Wildman–Crippen LogP) is 3.73. The highest BCUT2D eigenvalue weighted by molar-refractivity contribution is 7.99. The van der Waals surface area contributed by atoms with Crippen LogP contribution < -0.4 is 4.74 Å². The van der Waals surface area contributed by atoms with E-state index in [4.69, 9.17) is 4.74 Å². The topological polar surface area (TPSA) is 63.5 Å². The molecule has 2 heterocycles. The molecule has 5 rings (SSSR count). The molecule has 0 unspecified atom stereocenters. The number of hydrogen-bond acceptors (Lipinski definition) is 6. The van der Waals surface area contributed by atoms with Crippen LogP contribution in [0.3, 0.4) is 0 Å². The van der Waals surface area contributed by atoms with Crippen LogP contribution in [0, 0.1) is 5.82 Å². The van der Waals surface area contributed by atoms with Crippen molar-refractivity contribution in [2.24, 2.45) is 0 Å². The Kier molecular flexibility index (Phi) is 6.82. The molecule has 1 saturated carbocycles. The van der Waals surface area contributed by atoms with Gasteiger partial charge in [-0.1, -0.05) is 36.0 Å². The molecular weight excluding hydrogens is 453 g/mol. The summed E-state index contributed by atoms with van der Waals surface area (Å²) in [5, 5.41) is 9.61. The van der Waals surface area contributed by atoms with E-state index in [0.717, 1.165) is 48.2 Å². The van der Waals surface area contributed by atoms with Gasteiger partial charge in [0.25, 0.3) is 0 Å². The van der Waals surface area contributed by atoms with Crippen LogP contribution in [0.4, 0.5) is 4.39 Å². The molecule has 0 atom stereocenters. The van der Waals surface area contributed by atoms with E-state index in [-0.39, 0.29) is 17.5 Å². The highest BCUT2D eigenvalue weighted by atomic mass is 32.2. The number of benzene rings is 2. The van der Waals surface area contributed by atoms with E-state index >= 15 is 0 Å². The average molecular weight is 482 g/mol. The van der Waals surface area contributed by atoms with Crippen LogP contribution in [-0.4, -0.2) is 69.5 Å². The summed E-state index contributed by atoms with van der Waals surface area (Å²) in [7, 11) is 1.46. The number of carbonyl (C=O) groups excluding carboxylic acids is 1. The fourth-order valence-electron chi connectivity index (χ4n) is 4.24. The van der Waals surface area contributed by atoms with E-state index in [9.17, 15) is 9.18 Å². The van der Waals surface area contributed by atoms with Crippen molar-refractivity contribution in [2.45, 2.75) is 30.5 Å². The Morgan fingerprint density at radius 1 is 1.09 bits per heavy atom. The highest BCUT2D eigenvalue weighted by Crippen LogP contribution is 2.41. The maximum absolute atomic E-state index is 14.0. The number of nitrogens with zero attached hydrogens (tertiary/aromatic N) is 5. The molecule has 0 N–H and O–H groups in total. The van der Waals surface area contributed by atoms with Gasteiger partial charge in [-0.25, -0.2) is 4.39 Å². The van der Waals surface area contributed by atoms with Crippen molar-refractivity contribution >= 4 is 17.7 Å². The molecule has 3 aromatic rings. The summed E-state index contributed by atoms with van der Waals surface area (Å²) in [5.74, 6) is 1.80. The quantitative estimate of drug-likeness (QED) is 0.457. The van der Waals surface area contributed by atoms with Crippen molar-refractivity contribution in [1.82, 2.24) is 24.6 Å². The fraction of sp³-hybridized carbons (Fsp3) is 0.400. The third-order valence-electron chi connectivity index (χ3n) is 6.29. The molecule has 178 valence electrons. The molecule has 0 radical (unpaired) electrons. The summed E-state index contributed by atoms with van der Waals surface area (Å²) < 4.78 is 21.1. The van der Waals surface area contributed by atoms with Crippen LogP contribution in [0.1, 0.15) is 30.1 Å². The van der Waals surface area contributed by atoms with Gasteiger partial charge in [0.05, 0.1) is 12.9 Å². The Bertz CT molecular complexity index is 1140. The zero-order valence-corrected chi connectivity index (χ0v) is 20.0. The zero-order chi connectivity index (χ0) is 23.5. The number of carbonyl (C=O) groups is 1. The number of hydrogen-bond donors (Lipinski definition) is 0. The summed E-state index contributed by atoms with van der Waals surface area (Å²) in [5.41, 5.74) is 1.94. The van der Waals surface area contributed by atoms with Gasteiger partial charge in [-0.2, -0.15) is 0 Å². The van der Waals surface area contributed by atoms with Crippen molar-refractivity contribution in [2.75, 3.05) is 39.0 Å². The Hall–Kier alpha value is -2.91. The third-order valence-corrected chi connectivity index (χ3v) is 7.20. The van der Waals surface area contributed by atoms with Crippen molar-refractivity contribution in [3.63, 3.8) is 0 Å². The van der Waals surface area contributed by atoms with Crippen molar-refractivity contribution in [3.8, 4) is 11.4 Å². The number of methoxy groups -OCH3 is 1. The number of ether oxygens (including phenoxy) is 1. The number of piperazine rings is 1. The summed E-state index contributed by atoms with van der Waals surface area (Å²) in [6, 6.07) is 15.2. The fourth-order valence-corrected chi connectivity index (χ4v) is 5.10. The lowest BCUT2D eigenvalue weighted by molar-refractivity contribution is -0.130. The van der Waals surface area contributed by atoms with Crippen LogP contribution in [0.15, 0.2) is 53.7 Å². The normalized spacial score (nSPS) is 16.6. The number of rotatable bonds is 8. The number of aromatic nitrogens is 3. The Morgan fingerprint density at radius 3 is 2.53 bits per heavy atom. The number of thioether (sulfide) groups is 1. The third kappa shape index (κ3) is 5.10. The number of amides is 1. The summed E-state index contributed by atoms with van der Waals surface area (Å²) in [4.78, 5) is 17.1.